The molecule has 138 valence electrons. The third-order valence-electron chi connectivity index (χ3n) is 5.76. The highest BCUT2D eigenvalue weighted by molar-refractivity contribution is 6.77. The minimum atomic E-state index is -1.97. The van der Waals surface area contributed by atoms with Gasteiger partial charge < -0.3 is 13.4 Å². The second kappa shape index (κ2) is 8.76. The van der Waals surface area contributed by atoms with Crippen LogP contribution < -0.4 is 0 Å². The predicted molar refractivity (Wildman–Crippen MR) is 109 cm³/mol. The third-order valence-corrected chi connectivity index (χ3v) is 14.4. The largest absolute Gasteiger partial charge is 0.398 e. The predicted octanol–water partition coefficient (Wildman–Crippen LogP) is 5.25. The monoisotopic (exact) mass is 367 g/mol. The minimum absolute atomic E-state index is 0.338. The summed E-state index contributed by atoms with van der Waals surface area (Å²) in [5, 5.41) is 0.338. The van der Waals surface area contributed by atoms with Crippen molar-refractivity contribution in [3.05, 3.63) is 35.9 Å². The standard InChI is InChI=1S/C19H37NO2Si2/c1-19(2,3)23(6,7)20(17-18-13-10-9-11-14-18)15-12-16-24(8,21-4)22-5/h9-11,13-14H,12,15-17H2,1-8H3. The Kier molecular flexibility index (Phi) is 7.88. The molecule has 0 aromatic heterocycles. The van der Waals surface area contributed by atoms with E-state index in [4.69, 9.17) is 8.85 Å². The van der Waals surface area contributed by atoms with Gasteiger partial charge in [-0.15, -0.1) is 0 Å². The lowest BCUT2D eigenvalue weighted by atomic mass is 10.2. The molecule has 3 nitrogen and oxygen atoms in total. The molecule has 0 saturated heterocycles. The maximum atomic E-state index is 5.65. The number of hydrogen-bond acceptors (Lipinski definition) is 3. The molecule has 1 aromatic carbocycles. The Morgan fingerprint density at radius 2 is 1.50 bits per heavy atom. The van der Waals surface area contributed by atoms with Gasteiger partial charge in [0.25, 0.3) is 0 Å². The SMILES string of the molecule is CO[Si](C)(CCCN(Cc1ccccc1)[Si](C)(C)C(C)(C)C)OC. The number of nitrogens with zero attached hydrogens (tertiary/aromatic N) is 1. The first-order valence-corrected chi connectivity index (χ1v) is 14.4. The molecule has 1 rings (SSSR count). The molecule has 24 heavy (non-hydrogen) atoms. The molecule has 0 aliphatic carbocycles. The molecule has 0 N–H and O–H groups in total. The van der Waals surface area contributed by atoms with E-state index in [0.29, 0.717) is 5.04 Å². The molecule has 0 unspecified atom stereocenters. The molecule has 0 saturated carbocycles. The van der Waals surface area contributed by atoms with Crippen LogP contribution in [0, 0.1) is 0 Å². The summed E-state index contributed by atoms with van der Waals surface area (Å²) in [6.07, 6.45) is 1.13. The molecule has 0 heterocycles. The topological polar surface area (TPSA) is 21.7 Å². The average Bonchev–Trinajstić information content (AvgIpc) is 2.53. The Labute approximate surface area is 151 Å². The van der Waals surface area contributed by atoms with Gasteiger partial charge in [-0.2, -0.15) is 0 Å². The van der Waals surface area contributed by atoms with Crippen LogP contribution in [0.2, 0.25) is 30.7 Å². The minimum Gasteiger partial charge on any atom is -0.398 e. The van der Waals surface area contributed by atoms with E-state index in [1.165, 1.54) is 5.56 Å². The van der Waals surface area contributed by atoms with E-state index in [1.807, 2.05) is 0 Å². The van der Waals surface area contributed by atoms with Gasteiger partial charge in [0.05, 0.1) is 0 Å². The quantitative estimate of drug-likeness (QED) is 0.556. The Morgan fingerprint density at radius 1 is 0.958 bits per heavy atom. The van der Waals surface area contributed by atoms with Gasteiger partial charge in [0, 0.05) is 20.8 Å². The van der Waals surface area contributed by atoms with Crippen LogP contribution in [0.4, 0.5) is 0 Å². The first-order chi connectivity index (χ1) is 11.1. The molecule has 0 bridgehead atoms. The molecular weight excluding hydrogens is 330 g/mol. The highest BCUT2D eigenvalue weighted by Crippen LogP contribution is 2.39. The Morgan fingerprint density at radius 3 is 1.96 bits per heavy atom. The smallest absolute Gasteiger partial charge is 0.334 e. The first kappa shape index (κ1) is 21.6. The van der Waals surface area contributed by atoms with Crippen LogP contribution in [0.15, 0.2) is 30.3 Å². The van der Waals surface area contributed by atoms with Gasteiger partial charge in [-0.1, -0.05) is 64.2 Å². The Bertz CT molecular complexity index is 482. The zero-order valence-electron chi connectivity index (χ0n) is 17.0. The Hall–Kier alpha value is -0.466. The van der Waals surface area contributed by atoms with Crippen LogP contribution in [0.25, 0.3) is 0 Å². The molecule has 0 radical (unpaired) electrons. The lowest BCUT2D eigenvalue weighted by Crippen LogP contribution is -2.55. The van der Waals surface area contributed by atoms with Crippen LogP contribution in [0.1, 0.15) is 32.8 Å². The molecule has 0 atom stereocenters. The molecule has 1 aromatic rings. The van der Waals surface area contributed by atoms with E-state index in [1.54, 1.807) is 14.2 Å². The second-order valence-corrected chi connectivity index (χ2v) is 17.2. The van der Waals surface area contributed by atoms with Gasteiger partial charge in [-0.3, -0.25) is 0 Å². The second-order valence-electron chi connectivity index (χ2n) is 8.36. The summed E-state index contributed by atoms with van der Waals surface area (Å²) in [5.74, 6) is 0. The molecule has 0 amide bonds. The van der Waals surface area contributed by atoms with E-state index in [0.717, 1.165) is 25.6 Å². The van der Waals surface area contributed by atoms with Crippen LogP contribution in [0.3, 0.4) is 0 Å². The first-order valence-electron chi connectivity index (χ1n) is 8.95. The van der Waals surface area contributed by atoms with Crippen molar-refractivity contribution >= 4 is 16.8 Å². The summed E-state index contributed by atoms with van der Waals surface area (Å²) >= 11 is 0. The zero-order valence-corrected chi connectivity index (χ0v) is 19.0. The fraction of sp³-hybridized carbons (Fsp3) is 0.684. The van der Waals surface area contributed by atoms with Crippen LogP contribution in [-0.2, 0) is 15.4 Å². The summed E-state index contributed by atoms with van der Waals surface area (Å²) < 4.78 is 14.1. The van der Waals surface area contributed by atoms with Crippen molar-refractivity contribution in [3.63, 3.8) is 0 Å². The molecule has 0 fully saturated rings. The van der Waals surface area contributed by atoms with Crippen LogP contribution in [-0.4, -0.2) is 42.1 Å². The van der Waals surface area contributed by atoms with Crippen molar-refractivity contribution in [2.75, 3.05) is 20.8 Å². The summed E-state index contributed by atoms with van der Waals surface area (Å²) in [4.78, 5) is 0. The number of benzene rings is 1. The maximum Gasteiger partial charge on any atom is 0.334 e. The molecule has 0 spiro atoms. The average molecular weight is 368 g/mol. The summed E-state index contributed by atoms with van der Waals surface area (Å²) in [6.45, 7) is 16.5. The lowest BCUT2D eigenvalue weighted by molar-refractivity contribution is 0.246. The molecule has 0 aliphatic rings. The van der Waals surface area contributed by atoms with Gasteiger partial charge in [-0.25, -0.2) is 0 Å². The van der Waals surface area contributed by atoms with Gasteiger partial charge in [0.2, 0.25) is 0 Å². The summed E-state index contributed by atoms with van der Waals surface area (Å²) in [6, 6.07) is 11.9. The van der Waals surface area contributed by atoms with Gasteiger partial charge in [0.15, 0.2) is 0 Å². The number of hydrogen-bond donors (Lipinski definition) is 0. The van der Waals surface area contributed by atoms with Crippen molar-refractivity contribution in [1.82, 2.24) is 4.57 Å². The fourth-order valence-corrected chi connectivity index (χ4v) is 6.33. The van der Waals surface area contributed by atoms with E-state index < -0.39 is 16.8 Å². The van der Waals surface area contributed by atoms with E-state index in [-0.39, 0.29) is 0 Å². The molecule has 0 aliphatic heterocycles. The van der Waals surface area contributed by atoms with Crippen molar-refractivity contribution in [2.45, 2.75) is 64.5 Å². The fourth-order valence-electron chi connectivity index (χ4n) is 2.71. The third kappa shape index (κ3) is 5.81. The van der Waals surface area contributed by atoms with E-state index >= 15 is 0 Å². The van der Waals surface area contributed by atoms with Gasteiger partial charge in [0.1, 0.15) is 8.24 Å². The van der Waals surface area contributed by atoms with Crippen molar-refractivity contribution < 1.29 is 8.85 Å². The molecule has 5 heteroatoms. The van der Waals surface area contributed by atoms with Crippen LogP contribution >= 0.6 is 0 Å². The van der Waals surface area contributed by atoms with Crippen molar-refractivity contribution in [2.24, 2.45) is 0 Å². The van der Waals surface area contributed by atoms with Crippen LogP contribution in [0.5, 0.6) is 0 Å². The number of rotatable bonds is 9. The van der Waals surface area contributed by atoms with E-state index in [2.05, 4.69) is 75.3 Å². The highest BCUT2D eigenvalue weighted by Gasteiger charge is 2.41. The van der Waals surface area contributed by atoms with Gasteiger partial charge in [-0.05, 0) is 36.2 Å². The normalized spacial score (nSPS) is 13.5. The molecular formula is C19H37NO2Si2. The maximum absolute atomic E-state index is 5.65. The summed E-state index contributed by atoms with van der Waals surface area (Å²) in [5.41, 5.74) is 1.40. The zero-order chi connectivity index (χ0) is 18.4. The van der Waals surface area contributed by atoms with Crippen molar-refractivity contribution in [1.29, 1.82) is 0 Å². The van der Waals surface area contributed by atoms with Gasteiger partial charge >= 0.3 is 8.56 Å². The lowest BCUT2D eigenvalue weighted by Gasteiger charge is -2.46. The summed E-state index contributed by atoms with van der Waals surface area (Å²) in [7, 11) is 0.0269. The van der Waals surface area contributed by atoms with E-state index in [9.17, 15) is 0 Å². The highest BCUT2D eigenvalue weighted by atomic mass is 28.4. The Balaban J connectivity index is 2.86. The van der Waals surface area contributed by atoms with Crippen molar-refractivity contribution in [3.8, 4) is 0 Å².